The summed E-state index contributed by atoms with van der Waals surface area (Å²) < 4.78 is 0. The fourth-order valence-electron chi connectivity index (χ4n) is 1.08. The summed E-state index contributed by atoms with van der Waals surface area (Å²) in [7, 11) is 1.58. The van der Waals surface area contributed by atoms with Crippen molar-refractivity contribution in [3.63, 3.8) is 0 Å². The van der Waals surface area contributed by atoms with E-state index in [0.29, 0.717) is 24.3 Å². The van der Waals surface area contributed by atoms with Crippen molar-refractivity contribution in [2.75, 3.05) is 18.6 Å². The molecule has 0 heterocycles. The van der Waals surface area contributed by atoms with Crippen LogP contribution >= 0.6 is 11.8 Å². The Morgan fingerprint density at radius 3 is 2.47 bits per heavy atom. The highest BCUT2D eigenvalue weighted by atomic mass is 32.2. The van der Waals surface area contributed by atoms with Crippen LogP contribution < -0.4 is 10.6 Å². The summed E-state index contributed by atoms with van der Waals surface area (Å²) in [4.78, 5) is 32.4. The first kappa shape index (κ1) is 15.8. The van der Waals surface area contributed by atoms with E-state index in [-0.39, 0.29) is 11.8 Å². The summed E-state index contributed by atoms with van der Waals surface area (Å²) in [5, 5.41) is 13.7. The number of carboxylic acid groups (broad SMARTS) is 1. The van der Waals surface area contributed by atoms with Gasteiger partial charge in [-0.1, -0.05) is 0 Å². The second kappa shape index (κ2) is 8.86. The van der Waals surface area contributed by atoms with Crippen LogP contribution in [-0.4, -0.2) is 47.5 Å². The molecule has 2 amide bonds. The van der Waals surface area contributed by atoms with Gasteiger partial charge in [0.15, 0.2) is 0 Å². The van der Waals surface area contributed by atoms with Gasteiger partial charge >= 0.3 is 5.97 Å². The molecule has 98 valence electrons. The maximum Gasteiger partial charge on any atom is 0.327 e. The van der Waals surface area contributed by atoms with Crippen LogP contribution in [0.4, 0.5) is 0 Å². The third-order valence-corrected chi connectivity index (χ3v) is 3.08. The van der Waals surface area contributed by atoms with Gasteiger partial charge in [-0.15, -0.1) is 0 Å². The Bertz CT molecular complexity index is 283. The Morgan fingerprint density at radius 2 is 2.00 bits per heavy atom. The van der Waals surface area contributed by atoms with Crippen molar-refractivity contribution >= 4 is 29.5 Å². The Kier molecular flexibility index (Phi) is 8.21. The van der Waals surface area contributed by atoms with Gasteiger partial charge in [-0.25, -0.2) is 4.79 Å². The minimum Gasteiger partial charge on any atom is -0.480 e. The number of carbonyl (C=O) groups is 3. The monoisotopic (exact) mass is 262 g/mol. The van der Waals surface area contributed by atoms with Gasteiger partial charge in [-0.2, -0.15) is 11.8 Å². The van der Waals surface area contributed by atoms with Crippen LogP contribution in [0.1, 0.15) is 19.8 Å². The molecular weight excluding hydrogens is 244 g/mol. The van der Waals surface area contributed by atoms with Crippen LogP contribution in [-0.2, 0) is 14.4 Å². The Morgan fingerprint density at radius 1 is 1.35 bits per heavy atom. The molecule has 0 aliphatic rings. The lowest BCUT2D eigenvalue weighted by Gasteiger charge is -2.12. The predicted octanol–water partition coefficient (Wildman–Crippen LogP) is -0.165. The van der Waals surface area contributed by atoms with Crippen LogP contribution in [0.3, 0.4) is 0 Å². The standard InChI is InChI=1S/C10H18N2O4S/c1-7(13)12-8(10(15)16)6-17-5-3-4-9(14)11-2/h8H,3-6H2,1-2H3,(H,11,14)(H,12,13)(H,15,16). The van der Waals surface area contributed by atoms with Crippen molar-refractivity contribution < 1.29 is 19.5 Å². The van der Waals surface area contributed by atoms with E-state index in [1.807, 2.05) is 0 Å². The molecule has 0 aliphatic heterocycles. The highest BCUT2D eigenvalue weighted by Crippen LogP contribution is 2.07. The molecule has 17 heavy (non-hydrogen) atoms. The highest BCUT2D eigenvalue weighted by Gasteiger charge is 2.17. The maximum absolute atomic E-state index is 10.9. The van der Waals surface area contributed by atoms with E-state index in [2.05, 4.69) is 10.6 Å². The van der Waals surface area contributed by atoms with Crippen molar-refractivity contribution in [3.05, 3.63) is 0 Å². The molecule has 0 aromatic heterocycles. The van der Waals surface area contributed by atoms with Crippen LogP contribution in [0.25, 0.3) is 0 Å². The SMILES string of the molecule is CNC(=O)CCCSCC(NC(C)=O)C(=O)O. The molecule has 0 aromatic carbocycles. The minimum absolute atomic E-state index is 0.0257. The number of rotatable bonds is 8. The van der Waals surface area contributed by atoms with E-state index in [9.17, 15) is 14.4 Å². The summed E-state index contributed by atoms with van der Waals surface area (Å²) in [6.45, 7) is 1.28. The first-order valence-electron chi connectivity index (χ1n) is 5.25. The normalized spacial score (nSPS) is 11.6. The number of carbonyl (C=O) groups excluding carboxylic acids is 2. The third-order valence-electron chi connectivity index (χ3n) is 1.93. The summed E-state index contributed by atoms with van der Waals surface area (Å²) in [6, 6.07) is -0.863. The summed E-state index contributed by atoms with van der Waals surface area (Å²) >= 11 is 1.41. The van der Waals surface area contributed by atoms with Gasteiger partial charge in [0.2, 0.25) is 11.8 Å². The fourth-order valence-corrected chi connectivity index (χ4v) is 2.06. The van der Waals surface area contributed by atoms with Crippen LogP contribution in [0.5, 0.6) is 0 Å². The second-order valence-electron chi connectivity index (χ2n) is 3.44. The number of hydrogen-bond acceptors (Lipinski definition) is 4. The van der Waals surface area contributed by atoms with Gasteiger partial charge < -0.3 is 15.7 Å². The molecule has 0 aromatic rings. The van der Waals surface area contributed by atoms with E-state index >= 15 is 0 Å². The number of nitrogens with one attached hydrogen (secondary N) is 2. The molecule has 1 unspecified atom stereocenters. The smallest absolute Gasteiger partial charge is 0.327 e. The van der Waals surface area contributed by atoms with E-state index in [1.165, 1.54) is 18.7 Å². The number of aliphatic carboxylic acids is 1. The summed E-state index contributed by atoms with van der Waals surface area (Å²) in [5.41, 5.74) is 0. The van der Waals surface area contributed by atoms with Crippen LogP contribution in [0.15, 0.2) is 0 Å². The lowest BCUT2D eigenvalue weighted by atomic mass is 10.3. The van der Waals surface area contributed by atoms with Crippen molar-refractivity contribution in [2.24, 2.45) is 0 Å². The molecule has 7 heteroatoms. The quantitative estimate of drug-likeness (QED) is 0.528. The molecule has 6 nitrogen and oxygen atoms in total. The average molecular weight is 262 g/mol. The number of amides is 2. The largest absolute Gasteiger partial charge is 0.480 e. The average Bonchev–Trinajstić information content (AvgIpc) is 2.25. The summed E-state index contributed by atoms with van der Waals surface area (Å²) in [6.07, 6.45) is 1.12. The van der Waals surface area contributed by atoms with Gasteiger partial charge in [0.25, 0.3) is 0 Å². The predicted molar refractivity (Wildman–Crippen MR) is 65.9 cm³/mol. The molecule has 0 saturated heterocycles. The lowest BCUT2D eigenvalue weighted by Crippen LogP contribution is -2.41. The molecule has 0 saturated carbocycles. The van der Waals surface area contributed by atoms with Gasteiger partial charge in [0.1, 0.15) is 6.04 Å². The third kappa shape index (κ3) is 8.56. The molecule has 0 rings (SSSR count). The maximum atomic E-state index is 10.9. The van der Waals surface area contributed by atoms with Crippen molar-refractivity contribution in [1.29, 1.82) is 0 Å². The van der Waals surface area contributed by atoms with E-state index in [1.54, 1.807) is 7.05 Å². The molecule has 3 N–H and O–H groups in total. The number of hydrogen-bond donors (Lipinski definition) is 3. The fraction of sp³-hybridized carbons (Fsp3) is 0.700. The summed E-state index contributed by atoms with van der Waals surface area (Å²) in [5.74, 6) is -0.427. The van der Waals surface area contributed by atoms with E-state index in [4.69, 9.17) is 5.11 Å². The second-order valence-corrected chi connectivity index (χ2v) is 4.59. The lowest BCUT2D eigenvalue weighted by molar-refractivity contribution is -0.140. The first-order valence-corrected chi connectivity index (χ1v) is 6.41. The zero-order valence-corrected chi connectivity index (χ0v) is 10.8. The van der Waals surface area contributed by atoms with Crippen molar-refractivity contribution in [2.45, 2.75) is 25.8 Å². The van der Waals surface area contributed by atoms with E-state index < -0.39 is 12.0 Å². The topological polar surface area (TPSA) is 95.5 Å². The number of thioether (sulfide) groups is 1. The van der Waals surface area contributed by atoms with E-state index in [0.717, 1.165) is 0 Å². The molecule has 0 spiro atoms. The van der Waals surface area contributed by atoms with Gasteiger partial charge in [-0.05, 0) is 12.2 Å². The molecule has 0 radical (unpaired) electrons. The number of carboxylic acids is 1. The van der Waals surface area contributed by atoms with Crippen LogP contribution in [0, 0.1) is 0 Å². The molecule has 0 bridgehead atoms. The van der Waals surface area contributed by atoms with Crippen molar-refractivity contribution in [3.8, 4) is 0 Å². The first-order chi connectivity index (χ1) is 7.97. The highest BCUT2D eigenvalue weighted by molar-refractivity contribution is 7.99. The molecule has 0 fully saturated rings. The molecule has 1 atom stereocenters. The van der Waals surface area contributed by atoms with Gasteiger partial charge in [-0.3, -0.25) is 9.59 Å². The Hall–Kier alpha value is -1.24. The Balaban J connectivity index is 3.72. The zero-order chi connectivity index (χ0) is 13.3. The Labute approximate surface area is 105 Å². The molecule has 0 aliphatic carbocycles. The van der Waals surface area contributed by atoms with Crippen molar-refractivity contribution in [1.82, 2.24) is 10.6 Å². The van der Waals surface area contributed by atoms with Crippen LogP contribution in [0.2, 0.25) is 0 Å². The van der Waals surface area contributed by atoms with Gasteiger partial charge in [0, 0.05) is 26.1 Å². The van der Waals surface area contributed by atoms with Gasteiger partial charge in [0.05, 0.1) is 0 Å². The minimum atomic E-state index is -1.04. The zero-order valence-electron chi connectivity index (χ0n) is 9.99. The molecular formula is C10H18N2O4S.